The maximum Gasteiger partial charge on any atom is 0.133 e. The molecule has 1 aliphatic heterocycles. The fourth-order valence-electron chi connectivity index (χ4n) is 2.39. The summed E-state index contributed by atoms with van der Waals surface area (Å²) < 4.78 is 5.12. The Morgan fingerprint density at radius 2 is 1.79 bits per heavy atom. The highest BCUT2D eigenvalue weighted by Gasteiger charge is 2.19. The first kappa shape index (κ1) is 14.5. The van der Waals surface area contributed by atoms with Crippen LogP contribution in [0.15, 0.2) is 10.6 Å². The summed E-state index contributed by atoms with van der Waals surface area (Å²) in [6, 6.07) is 2.03. The Hall–Kier alpha value is -0.870. The van der Waals surface area contributed by atoms with E-state index < -0.39 is 0 Å². The molecule has 0 amide bonds. The van der Waals surface area contributed by atoms with Crippen LogP contribution >= 0.6 is 0 Å². The molecule has 0 aliphatic carbocycles. The van der Waals surface area contributed by atoms with Crippen LogP contribution in [-0.2, 0) is 6.54 Å². The number of hydrogen-bond acceptors (Lipinski definition) is 4. The zero-order valence-electron chi connectivity index (χ0n) is 12.8. The maximum absolute atomic E-state index is 5.12. The Morgan fingerprint density at radius 3 is 2.32 bits per heavy atom. The lowest BCUT2D eigenvalue weighted by molar-refractivity contribution is 0.114. The van der Waals surface area contributed by atoms with Crippen LogP contribution in [0.5, 0.6) is 0 Å². The van der Waals surface area contributed by atoms with Crippen LogP contribution in [0.3, 0.4) is 0 Å². The minimum absolute atomic E-state index is 0.440. The van der Waals surface area contributed by atoms with Gasteiger partial charge >= 0.3 is 0 Å². The maximum atomic E-state index is 5.12. The van der Waals surface area contributed by atoms with E-state index in [1.807, 2.05) is 13.0 Å². The SMILES string of the molecule is Cc1cc(CN2CCN(CCC(C)(C)C)CC2)no1. The van der Waals surface area contributed by atoms with Crippen molar-refractivity contribution in [1.29, 1.82) is 0 Å². The van der Waals surface area contributed by atoms with Gasteiger partial charge < -0.3 is 9.42 Å². The highest BCUT2D eigenvalue weighted by Crippen LogP contribution is 2.19. The number of rotatable bonds is 4. The first-order valence-electron chi connectivity index (χ1n) is 7.29. The van der Waals surface area contributed by atoms with Crippen LogP contribution in [0.25, 0.3) is 0 Å². The molecule has 2 rings (SSSR count). The summed E-state index contributed by atoms with van der Waals surface area (Å²) in [4.78, 5) is 5.04. The molecule has 2 heterocycles. The van der Waals surface area contributed by atoms with Gasteiger partial charge in [0.2, 0.25) is 0 Å². The summed E-state index contributed by atoms with van der Waals surface area (Å²) in [5.41, 5.74) is 1.50. The van der Waals surface area contributed by atoms with Crippen LogP contribution in [0, 0.1) is 12.3 Å². The molecule has 4 heteroatoms. The first-order valence-corrected chi connectivity index (χ1v) is 7.29. The van der Waals surface area contributed by atoms with Crippen LogP contribution in [0.4, 0.5) is 0 Å². The fourth-order valence-corrected chi connectivity index (χ4v) is 2.39. The zero-order valence-corrected chi connectivity index (χ0v) is 12.8. The Balaban J connectivity index is 1.70. The fraction of sp³-hybridized carbons (Fsp3) is 0.800. The van der Waals surface area contributed by atoms with Gasteiger partial charge in [0.05, 0.1) is 5.69 Å². The van der Waals surface area contributed by atoms with Gasteiger partial charge in [0.25, 0.3) is 0 Å². The van der Waals surface area contributed by atoms with Gasteiger partial charge in [-0.1, -0.05) is 25.9 Å². The minimum Gasteiger partial charge on any atom is -0.361 e. The molecule has 1 aromatic rings. The molecule has 0 N–H and O–H groups in total. The molecule has 0 radical (unpaired) electrons. The predicted molar refractivity (Wildman–Crippen MR) is 77.0 cm³/mol. The van der Waals surface area contributed by atoms with Crippen LogP contribution in [0.1, 0.15) is 38.6 Å². The molecule has 19 heavy (non-hydrogen) atoms. The van der Waals surface area contributed by atoms with Crippen LogP contribution in [0.2, 0.25) is 0 Å². The molecule has 0 spiro atoms. The molecule has 0 saturated carbocycles. The van der Waals surface area contributed by atoms with Gasteiger partial charge in [-0.15, -0.1) is 0 Å². The average molecular weight is 265 g/mol. The van der Waals surface area contributed by atoms with E-state index in [1.54, 1.807) is 0 Å². The predicted octanol–water partition coefficient (Wildman–Crippen LogP) is 2.54. The second-order valence-electron chi connectivity index (χ2n) is 6.86. The van der Waals surface area contributed by atoms with E-state index in [0.717, 1.165) is 31.1 Å². The highest BCUT2D eigenvalue weighted by atomic mass is 16.5. The van der Waals surface area contributed by atoms with Gasteiger partial charge in [0.1, 0.15) is 5.76 Å². The Morgan fingerprint density at radius 1 is 1.16 bits per heavy atom. The lowest BCUT2D eigenvalue weighted by atomic mass is 9.92. The first-order chi connectivity index (χ1) is 8.92. The summed E-state index contributed by atoms with van der Waals surface area (Å²) in [7, 11) is 0. The lowest BCUT2D eigenvalue weighted by Crippen LogP contribution is -2.46. The van der Waals surface area contributed by atoms with Crippen molar-refractivity contribution < 1.29 is 4.52 Å². The second-order valence-corrected chi connectivity index (χ2v) is 6.86. The quantitative estimate of drug-likeness (QED) is 0.837. The van der Waals surface area contributed by atoms with Gasteiger partial charge in [-0.05, 0) is 25.3 Å². The van der Waals surface area contributed by atoms with E-state index in [9.17, 15) is 0 Å². The monoisotopic (exact) mass is 265 g/mol. The van der Waals surface area contributed by atoms with Crippen LogP contribution < -0.4 is 0 Å². The Kier molecular flexibility index (Phi) is 4.63. The van der Waals surface area contributed by atoms with Crippen molar-refractivity contribution in [2.45, 2.75) is 40.7 Å². The average Bonchev–Trinajstić information content (AvgIpc) is 2.73. The number of piperazine rings is 1. The molecule has 0 bridgehead atoms. The van der Waals surface area contributed by atoms with Gasteiger partial charge in [0.15, 0.2) is 0 Å². The van der Waals surface area contributed by atoms with Crippen molar-refractivity contribution in [2.24, 2.45) is 5.41 Å². The van der Waals surface area contributed by atoms with E-state index in [0.29, 0.717) is 5.41 Å². The van der Waals surface area contributed by atoms with E-state index >= 15 is 0 Å². The molecule has 1 aromatic heterocycles. The van der Waals surface area contributed by atoms with Crippen molar-refractivity contribution in [3.63, 3.8) is 0 Å². The normalized spacial score (nSPS) is 18.9. The minimum atomic E-state index is 0.440. The topological polar surface area (TPSA) is 32.5 Å². The standard InChI is InChI=1S/C15H27N3O/c1-13-11-14(16-19-13)12-18-9-7-17(8-10-18)6-5-15(2,3)4/h11H,5-10,12H2,1-4H3. The van der Waals surface area contributed by atoms with E-state index in [1.165, 1.54) is 26.1 Å². The summed E-state index contributed by atoms with van der Waals surface area (Å²) in [5, 5.41) is 4.07. The molecular weight excluding hydrogens is 238 g/mol. The molecule has 0 aromatic carbocycles. The molecule has 1 fully saturated rings. The van der Waals surface area contributed by atoms with Gasteiger partial charge in [-0.3, -0.25) is 4.90 Å². The smallest absolute Gasteiger partial charge is 0.133 e. The molecular formula is C15H27N3O. The third kappa shape index (κ3) is 4.96. The van der Waals surface area contributed by atoms with Crippen LogP contribution in [-0.4, -0.2) is 47.7 Å². The molecule has 1 aliphatic rings. The second kappa shape index (κ2) is 6.06. The van der Waals surface area contributed by atoms with Crippen molar-refractivity contribution >= 4 is 0 Å². The number of hydrogen-bond donors (Lipinski definition) is 0. The molecule has 0 unspecified atom stereocenters. The molecule has 4 nitrogen and oxygen atoms in total. The molecule has 0 atom stereocenters. The molecule has 108 valence electrons. The number of aromatic nitrogens is 1. The van der Waals surface area contributed by atoms with Crippen molar-refractivity contribution in [3.05, 3.63) is 17.5 Å². The Bertz CT molecular complexity index is 386. The van der Waals surface area contributed by atoms with Gasteiger partial charge in [0, 0.05) is 38.8 Å². The third-order valence-electron chi connectivity index (χ3n) is 3.71. The summed E-state index contributed by atoms with van der Waals surface area (Å²) in [6.45, 7) is 15.7. The highest BCUT2D eigenvalue weighted by molar-refractivity contribution is 5.03. The van der Waals surface area contributed by atoms with E-state index in [-0.39, 0.29) is 0 Å². The van der Waals surface area contributed by atoms with Crippen molar-refractivity contribution in [3.8, 4) is 0 Å². The molecule has 1 saturated heterocycles. The Labute approximate surface area is 116 Å². The third-order valence-corrected chi connectivity index (χ3v) is 3.71. The van der Waals surface area contributed by atoms with E-state index in [4.69, 9.17) is 4.52 Å². The summed E-state index contributed by atoms with van der Waals surface area (Å²) in [5.74, 6) is 0.902. The summed E-state index contributed by atoms with van der Waals surface area (Å²) in [6.07, 6.45) is 1.27. The summed E-state index contributed by atoms with van der Waals surface area (Å²) >= 11 is 0. The van der Waals surface area contributed by atoms with Crippen molar-refractivity contribution in [1.82, 2.24) is 15.0 Å². The largest absolute Gasteiger partial charge is 0.361 e. The number of nitrogens with zero attached hydrogens (tertiary/aromatic N) is 3. The van der Waals surface area contributed by atoms with Crippen molar-refractivity contribution in [2.75, 3.05) is 32.7 Å². The number of aryl methyl sites for hydroxylation is 1. The van der Waals surface area contributed by atoms with Gasteiger partial charge in [-0.25, -0.2) is 0 Å². The van der Waals surface area contributed by atoms with Gasteiger partial charge in [-0.2, -0.15) is 0 Å². The lowest BCUT2D eigenvalue weighted by Gasteiger charge is -2.35. The zero-order chi connectivity index (χ0) is 13.9. The van der Waals surface area contributed by atoms with E-state index in [2.05, 4.69) is 35.7 Å².